The van der Waals surface area contributed by atoms with Crippen LogP contribution in [0.3, 0.4) is 0 Å². The fraction of sp³-hybridized carbons (Fsp3) is 0.536. The molecule has 3 aliphatic rings. The molecule has 43 heavy (non-hydrogen) atoms. The lowest BCUT2D eigenvalue weighted by molar-refractivity contribution is -0.354. The predicted octanol–water partition coefficient (Wildman–Crippen LogP) is -1.16. The smallest absolute Gasteiger partial charge is 0.229 e. The maximum atomic E-state index is 13.0. The minimum Gasteiger partial charge on any atom is -0.507 e. The van der Waals surface area contributed by atoms with Gasteiger partial charge in [0.2, 0.25) is 6.29 Å². The van der Waals surface area contributed by atoms with E-state index >= 15 is 0 Å². The highest BCUT2D eigenvalue weighted by Crippen LogP contribution is 2.43. The quantitative estimate of drug-likeness (QED) is 0.185. The number of phenols is 2. The molecule has 2 aromatic carbocycles. The second-order valence-corrected chi connectivity index (χ2v) is 10.6. The number of carbonyl (C=O) groups excluding carboxylic acids is 1. The molecule has 0 amide bonds. The molecule has 2 fully saturated rings. The molecule has 0 aliphatic carbocycles. The van der Waals surface area contributed by atoms with Crippen molar-refractivity contribution in [1.82, 2.24) is 0 Å². The van der Waals surface area contributed by atoms with Crippen LogP contribution in [0.4, 0.5) is 0 Å². The van der Waals surface area contributed by atoms with Crippen molar-refractivity contribution in [1.29, 1.82) is 0 Å². The maximum absolute atomic E-state index is 13.0. The molecule has 0 bridgehead atoms. The minimum atomic E-state index is -1.76. The Labute approximate surface area is 245 Å². The summed E-state index contributed by atoms with van der Waals surface area (Å²) < 4.78 is 33.7. The van der Waals surface area contributed by atoms with Gasteiger partial charge in [-0.05, 0) is 24.6 Å². The Hall–Kier alpha value is -3.25. The first kappa shape index (κ1) is 31.2. The zero-order chi connectivity index (χ0) is 31.2. The van der Waals surface area contributed by atoms with Crippen LogP contribution in [0, 0.1) is 0 Å². The van der Waals surface area contributed by atoms with E-state index in [4.69, 9.17) is 28.4 Å². The fourth-order valence-electron chi connectivity index (χ4n) is 5.29. The topological polar surface area (TPSA) is 234 Å². The molecule has 3 aliphatic heterocycles. The standard InChI is InChI=1S/C28H34O15/c1-10-21(33)23(35)25(37)27(39-10)43-26-24(36)22(34)19(9-29)42-28(26)40-12-6-14(31)20-15(32)8-17(41-18(20)7-12)11-3-4-16(38-2)13(30)5-11/h3-7,10,17,19,21-31,33-37H,8-9H2,1-2H3/t10-,17-,19?,21-,22+,23+,24-,25+,26+,27-,28+/m0/s1. The Morgan fingerprint density at radius 2 is 1.63 bits per heavy atom. The second kappa shape index (κ2) is 12.4. The summed E-state index contributed by atoms with van der Waals surface area (Å²) in [6.07, 6.45) is -16.3. The number of rotatable bonds is 7. The third-order valence-corrected chi connectivity index (χ3v) is 7.72. The molecule has 15 nitrogen and oxygen atoms in total. The number of hydrogen-bond donors (Lipinski definition) is 8. The highest BCUT2D eigenvalue weighted by Gasteiger charge is 2.51. The van der Waals surface area contributed by atoms with E-state index in [0.29, 0.717) is 5.56 Å². The lowest BCUT2D eigenvalue weighted by Crippen LogP contribution is -2.64. The Morgan fingerprint density at radius 3 is 2.30 bits per heavy atom. The van der Waals surface area contributed by atoms with Crippen LogP contribution in [0.15, 0.2) is 30.3 Å². The predicted molar refractivity (Wildman–Crippen MR) is 141 cm³/mol. The van der Waals surface area contributed by atoms with Crippen molar-refractivity contribution < 1.29 is 74.1 Å². The van der Waals surface area contributed by atoms with Crippen molar-refractivity contribution in [3.63, 3.8) is 0 Å². The van der Waals surface area contributed by atoms with Crippen molar-refractivity contribution in [3.8, 4) is 28.7 Å². The molecule has 2 saturated heterocycles. The number of ketones is 1. The molecule has 15 heteroatoms. The number of aliphatic hydroxyl groups excluding tert-OH is 6. The number of fused-ring (bicyclic) bond motifs is 1. The summed E-state index contributed by atoms with van der Waals surface area (Å²) in [5.41, 5.74) is 0.352. The molecule has 0 spiro atoms. The van der Waals surface area contributed by atoms with Gasteiger partial charge in [-0.15, -0.1) is 0 Å². The van der Waals surface area contributed by atoms with E-state index in [1.807, 2.05) is 0 Å². The van der Waals surface area contributed by atoms with Crippen LogP contribution in [0.2, 0.25) is 0 Å². The first-order valence-corrected chi connectivity index (χ1v) is 13.5. The van der Waals surface area contributed by atoms with Crippen LogP contribution in [-0.2, 0) is 14.2 Å². The molecule has 236 valence electrons. The van der Waals surface area contributed by atoms with Crippen LogP contribution in [0.1, 0.15) is 35.4 Å². The van der Waals surface area contributed by atoms with Gasteiger partial charge in [0.25, 0.3) is 0 Å². The molecular weight excluding hydrogens is 576 g/mol. The highest BCUT2D eigenvalue weighted by atomic mass is 16.8. The van der Waals surface area contributed by atoms with E-state index < -0.39 is 85.7 Å². The molecule has 11 atom stereocenters. The van der Waals surface area contributed by atoms with Gasteiger partial charge in [0.05, 0.1) is 26.2 Å². The molecule has 5 rings (SSSR count). The monoisotopic (exact) mass is 610 g/mol. The average molecular weight is 611 g/mol. The number of methoxy groups -OCH3 is 1. The van der Waals surface area contributed by atoms with Gasteiger partial charge in [0.15, 0.2) is 29.7 Å². The molecule has 0 saturated carbocycles. The Bertz CT molecular complexity index is 1320. The fourth-order valence-corrected chi connectivity index (χ4v) is 5.29. The molecule has 8 N–H and O–H groups in total. The summed E-state index contributed by atoms with van der Waals surface area (Å²) in [6, 6.07) is 6.89. The van der Waals surface area contributed by atoms with E-state index in [1.54, 1.807) is 6.07 Å². The van der Waals surface area contributed by atoms with Crippen LogP contribution < -0.4 is 14.2 Å². The van der Waals surface area contributed by atoms with E-state index in [9.17, 15) is 45.6 Å². The molecule has 0 radical (unpaired) electrons. The number of hydrogen-bond acceptors (Lipinski definition) is 15. The van der Waals surface area contributed by atoms with E-state index in [0.717, 1.165) is 6.07 Å². The molecule has 1 unspecified atom stereocenters. The van der Waals surface area contributed by atoms with Gasteiger partial charge < -0.3 is 69.3 Å². The Morgan fingerprint density at radius 1 is 0.884 bits per heavy atom. The van der Waals surface area contributed by atoms with Gasteiger partial charge in [-0.1, -0.05) is 6.07 Å². The Kier molecular flexibility index (Phi) is 8.99. The summed E-state index contributed by atoms with van der Waals surface area (Å²) in [5.74, 6) is -1.06. The summed E-state index contributed by atoms with van der Waals surface area (Å²) >= 11 is 0. The largest absolute Gasteiger partial charge is 0.507 e. The highest BCUT2D eigenvalue weighted by molar-refractivity contribution is 6.02. The number of ether oxygens (including phenoxy) is 6. The number of carbonyl (C=O) groups is 1. The zero-order valence-corrected chi connectivity index (χ0v) is 23.1. The number of benzene rings is 2. The maximum Gasteiger partial charge on any atom is 0.229 e. The minimum absolute atomic E-state index is 0.0592. The summed E-state index contributed by atoms with van der Waals surface area (Å²) in [6.45, 7) is 0.699. The first-order chi connectivity index (χ1) is 20.4. The SMILES string of the molecule is COc1ccc([C@@H]2CC(=O)c3c(O)cc(O[C@@H]4OC(CO)[C@@H](O)[C@H](O)[C@H]4O[C@@H]4O[C@@H](C)[C@H](O)[C@@H](O)[C@H]4O)cc3O2)cc1O. The van der Waals surface area contributed by atoms with E-state index in [2.05, 4.69) is 0 Å². The van der Waals surface area contributed by atoms with E-state index in [1.165, 1.54) is 32.2 Å². The molecule has 0 aromatic heterocycles. The lowest BCUT2D eigenvalue weighted by atomic mass is 9.95. The Balaban J connectivity index is 1.41. The third-order valence-electron chi connectivity index (χ3n) is 7.72. The van der Waals surface area contributed by atoms with Crippen molar-refractivity contribution in [2.45, 2.75) is 80.9 Å². The van der Waals surface area contributed by atoms with Crippen LogP contribution >= 0.6 is 0 Å². The van der Waals surface area contributed by atoms with Crippen molar-refractivity contribution >= 4 is 5.78 Å². The van der Waals surface area contributed by atoms with Crippen molar-refractivity contribution in [2.24, 2.45) is 0 Å². The van der Waals surface area contributed by atoms with Crippen molar-refractivity contribution in [3.05, 3.63) is 41.5 Å². The number of Topliss-reactive ketones (excluding diaryl/α,β-unsaturated/α-hetero) is 1. The van der Waals surface area contributed by atoms with Gasteiger partial charge in [0.1, 0.15) is 65.5 Å². The molecule has 2 aromatic rings. The van der Waals surface area contributed by atoms with Crippen LogP contribution in [-0.4, -0.2) is 122 Å². The van der Waals surface area contributed by atoms with Crippen molar-refractivity contribution in [2.75, 3.05) is 13.7 Å². The average Bonchev–Trinajstić information content (AvgIpc) is 2.97. The summed E-state index contributed by atoms with van der Waals surface area (Å²) in [4.78, 5) is 13.0. The number of aromatic hydroxyl groups is 2. The van der Waals surface area contributed by atoms with Gasteiger partial charge in [-0.2, -0.15) is 0 Å². The summed E-state index contributed by atoms with van der Waals surface area (Å²) in [5, 5.41) is 82.4. The zero-order valence-electron chi connectivity index (χ0n) is 23.1. The van der Waals surface area contributed by atoms with Crippen LogP contribution in [0.25, 0.3) is 0 Å². The second-order valence-electron chi connectivity index (χ2n) is 10.6. The molecule has 3 heterocycles. The third kappa shape index (κ3) is 5.95. The van der Waals surface area contributed by atoms with Gasteiger partial charge in [-0.25, -0.2) is 0 Å². The van der Waals surface area contributed by atoms with Gasteiger partial charge in [0, 0.05) is 12.1 Å². The summed E-state index contributed by atoms with van der Waals surface area (Å²) in [7, 11) is 1.39. The molecular formula is C28H34O15. The van der Waals surface area contributed by atoms with Crippen LogP contribution in [0.5, 0.6) is 28.7 Å². The normalized spacial score (nSPS) is 36.0. The first-order valence-electron chi connectivity index (χ1n) is 13.5. The number of aliphatic hydroxyl groups is 6. The van der Waals surface area contributed by atoms with E-state index in [-0.39, 0.29) is 35.0 Å². The number of phenolic OH excluding ortho intramolecular Hbond substituents is 2. The van der Waals surface area contributed by atoms with Gasteiger partial charge >= 0.3 is 0 Å². The lowest BCUT2D eigenvalue weighted by Gasteiger charge is -2.45. The van der Waals surface area contributed by atoms with Gasteiger partial charge in [-0.3, -0.25) is 4.79 Å².